The number of carbonyl (C=O) groups excluding carboxylic acids is 1. The first-order valence-electron chi connectivity index (χ1n) is 7.17. The number of allylic oxidation sites excluding steroid dienone is 3. The van der Waals surface area contributed by atoms with Gasteiger partial charge in [0.15, 0.2) is 0 Å². The molecule has 0 saturated carbocycles. The molecule has 0 aromatic heterocycles. The molecule has 24 heavy (non-hydrogen) atoms. The summed E-state index contributed by atoms with van der Waals surface area (Å²) in [6, 6.07) is 15.1. The number of carbonyl (C=O) groups is 1. The maximum atomic E-state index is 12.4. The lowest BCUT2D eigenvalue weighted by Gasteiger charge is -2.02. The van der Waals surface area contributed by atoms with E-state index in [1.165, 1.54) is 24.3 Å². The highest BCUT2D eigenvalue weighted by atomic mass is 16.6. The highest BCUT2D eigenvalue weighted by Gasteiger charge is 2.13. The third-order valence-electron chi connectivity index (χ3n) is 3.43. The molecule has 0 bridgehead atoms. The number of aryl methyl sites for hydroxylation is 1. The van der Waals surface area contributed by atoms with Crippen molar-refractivity contribution in [2.45, 2.75) is 6.92 Å². The number of hydrogen-bond donors (Lipinski definition) is 0. The SMILES string of the molecule is Cc1ccccc1C(=O)/C(C#N)=C/C=C/c1ccccc1[N+](=O)[O-]. The summed E-state index contributed by atoms with van der Waals surface area (Å²) in [6.07, 6.45) is 4.34. The van der Waals surface area contributed by atoms with Gasteiger partial charge in [0.2, 0.25) is 5.78 Å². The molecule has 0 atom stereocenters. The van der Waals surface area contributed by atoms with Gasteiger partial charge in [0, 0.05) is 11.6 Å². The van der Waals surface area contributed by atoms with E-state index in [0.717, 1.165) is 5.56 Å². The summed E-state index contributed by atoms with van der Waals surface area (Å²) < 4.78 is 0. The molecular weight excluding hydrogens is 304 g/mol. The van der Waals surface area contributed by atoms with E-state index in [-0.39, 0.29) is 17.0 Å². The number of benzene rings is 2. The van der Waals surface area contributed by atoms with Gasteiger partial charge in [-0.2, -0.15) is 5.26 Å². The van der Waals surface area contributed by atoms with Gasteiger partial charge >= 0.3 is 0 Å². The molecular formula is C19H14N2O3. The van der Waals surface area contributed by atoms with E-state index in [0.29, 0.717) is 11.1 Å². The fourth-order valence-electron chi connectivity index (χ4n) is 2.18. The van der Waals surface area contributed by atoms with Crippen LogP contribution in [-0.2, 0) is 0 Å². The fourth-order valence-corrected chi connectivity index (χ4v) is 2.18. The van der Waals surface area contributed by atoms with E-state index in [1.807, 2.05) is 12.1 Å². The lowest BCUT2D eigenvalue weighted by molar-refractivity contribution is -0.385. The maximum absolute atomic E-state index is 12.4. The van der Waals surface area contributed by atoms with E-state index in [1.54, 1.807) is 43.3 Å². The quantitative estimate of drug-likeness (QED) is 0.206. The predicted octanol–water partition coefficient (Wildman–Crippen LogP) is 4.25. The largest absolute Gasteiger partial charge is 0.288 e. The van der Waals surface area contributed by atoms with Crippen molar-refractivity contribution >= 4 is 17.5 Å². The van der Waals surface area contributed by atoms with Crippen LogP contribution in [0.4, 0.5) is 5.69 Å². The average Bonchev–Trinajstić information content (AvgIpc) is 2.59. The van der Waals surface area contributed by atoms with Crippen molar-refractivity contribution in [3.63, 3.8) is 0 Å². The summed E-state index contributed by atoms with van der Waals surface area (Å²) in [5.74, 6) is -0.372. The summed E-state index contributed by atoms with van der Waals surface area (Å²) in [4.78, 5) is 22.9. The first-order valence-corrected chi connectivity index (χ1v) is 7.17. The Morgan fingerprint density at radius 3 is 2.50 bits per heavy atom. The molecule has 2 rings (SSSR count). The summed E-state index contributed by atoms with van der Waals surface area (Å²) in [5.41, 5.74) is 1.58. The van der Waals surface area contributed by atoms with E-state index < -0.39 is 4.92 Å². The third kappa shape index (κ3) is 3.81. The van der Waals surface area contributed by atoms with Gasteiger partial charge in [-0.25, -0.2) is 0 Å². The third-order valence-corrected chi connectivity index (χ3v) is 3.43. The monoisotopic (exact) mass is 318 g/mol. The Labute approximate surface area is 139 Å². The number of hydrogen-bond acceptors (Lipinski definition) is 4. The van der Waals surface area contributed by atoms with Crippen LogP contribution < -0.4 is 0 Å². The van der Waals surface area contributed by atoms with Crippen LogP contribution in [0, 0.1) is 28.4 Å². The Balaban J connectivity index is 2.30. The van der Waals surface area contributed by atoms with Crippen LogP contribution in [0.3, 0.4) is 0 Å². The van der Waals surface area contributed by atoms with Crippen molar-refractivity contribution < 1.29 is 9.72 Å². The van der Waals surface area contributed by atoms with Crippen LogP contribution in [0.25, 0.3) is 6.08 Å². The van der Waals surface area contributed by atoms with Crippen LogP contribution >= 0.6 is 0 Å². The second kappa shape index (κ2) is 7.65. The van der Waals surface area contributed by atoms with Gasteiger partial charge in [-0.05, 0) is 30.7 Å². The minimum absolute atomic E-state index is 0.0286. The molecule has 0 heterocycles. The number of nitrogens with zero attached hydrogens (tertiary/aromatic N) is 2. The van der Waals surface area contributed by atoms with Gasteiger partial charge in [-0.15, -0.1) is 0 Å². The first kappa shape index (κ1) is 16.8. The Hall–Kier alpha value is -3.52. The van der Waals surface area contributed by atoms with Crippen molar-refractivity contribution in [2.24, 2.45) is 0 Å². The molecule has 0 N–H and O–H groups in total. The number of rotatable bonds is 5. The lowest BCUT2D eigenvalue weighted by Crippen LogP contribution is -2.03. The molecule has 0 aliphatic heterocycles. The van der Waals surface area contributed by atoms with E-state index in [2.05, 4.69) is 0 Å². The molecule has 0 amide bonds. The Morgan fingerprint density at radius 1 is 1.17 bits per heavy atom. The zero-order valence-corrected chi connectivity index (χ0v) is 13.0. The van der Waals surface area contributed by atoms with E-state index in [4.69, 9.17) is 0 Å². The van der Waals surface area contributed by atoms with Gasteiger partial charge in [0.05, 0.1) is 16.1 Å². The van der Waals surface area contributed by atoms with Crippen LogP contribution in [-0.4, -0.2) is 10.7 Å². The molecule has 5 heteroatoms. The summed E-state index contributed by atoms with van der Waals surface area (Å²) in [6.45, 7) is 1.80. The Bertz CT molecular complexity index is 889. The summed E-state index contributed by atoms with van der Waals surface area (Å²) >= 11 is 0. The molecule has 2 aromatic rings. The number of nitro benzene ring substituents is 1. The minimum atomic E-state index is -0.479. The fraction of sp³-hybridized carbons (Fsp3) is 0.0526. The normalized spacial score (nSPS) is 11.2. The van der Waals surface area contributed by atoms with Gasteiger partial charge in [-0.1, -0.05) is 42.5 Å². The summed E-state index contributed by atoms with van der Waals surface area (Å²) in [5, 5.41) is 20.2. The molecule has 118 valence electrons. The number of Topliss-reactive ketones (excluding diaryl/α,β-unsaturated/α-hetero) is 1. The van der Waals surface area contributed by atoms with Crippen molar-refractivity contribution in [3.05, 3.63) is 93.1 Å². The van der Waals surface area contributed by atoms with Gasteiger partial charge < -0.3 is 0 Å². The predicted molar refractivity (Wildman–Crippen MR) is 91.3 cm³/mol. The molecule has 0 radical (unpaired) electrons. The Morgan fingerprint density at radius 2 is 1.83 bits per heavy atom. The first-order chi connectivity index (χ1) is 11.5. The van der Waals surface area contributed by atoms with Crippen LogP contribution in [0.15, 0.2) is 66.3 Å². The van der Waals surface area contributed by atoms with Gasteiger partial charge in [-0.3, -0.25) is 14.9 Å². The maximum Gasteiger partial charge on any atom is 0.276 e. The lowest BCUT2D eigenvalue weighted by atomic mass is 9.99. The molecule has 0 fully saturated rings. The molecule has 0 unspecified atom stereocenters. The number of nitriles is 1. The molecule has 2 aromatic carbocycles. The number of para-hydroxylation sites is 1. The van der Waals surface area contributed by atoms with E-state index >= 15 is 0 Å². The highest BCUT2D eigenvalue weighted by Crippen LogP contribution is 2.19. The average molecular weight is 318 g/mol. The molecule has 5 nitrogen and oxygen atoms in total. The Kier molecular flexibility index (Phi) is 5.37. The standard InChI is InChI=1S/C19H14N2O3/c1-14-7-2-4-11-17(14)19(22)16(13-20)10-6-9-15-8-3-5-12-18(15)21(23)24/h2-12H,1H3/b9-6+,16-10+. The van der Waals surface area contributed by atoms with Crippen LogP contribution in [0.1, 0.15) is 21.5 Å². The summed E-state index contributed by atoms with van der Waals surface area (Å²) in [7, 11) is 0. The second-order valence-electron chi connectivity index (χ2n) is 5.01. The van der Waals surface area contributed by atoms with E-state index in [9.17, 15) is 20.2 Å². The van der Waals surface area contributed by atoms with Gasteiger partial charge in [0.1, 0.15) is 6.07 Å². The zero-order valence-electron chi connectivity index (χ0n) is 13.0. The molecule has 0 saturated heterocycles. The van der Waals surface area contributed by atoms with Crippen molar-refractivity contribution in [3.8, 4) is 6.07 Å². The highest BCUT2D eigenvalue weighted by molar-refractivity contribution is 6.12. The van der Waals surface area contributed by atoms with Crippen molar-refractivity contribution in [2.75, 3.05) is 0 Å². The van der Waals surface area contributed by atoms with Crippen LogP contribution in [0.2, 0.25) is 0 Å². The van der Waals surface area contributed by atoms with Crippen molar-refractivity contribution in [1.82, 2.24) is 0 Å². The molecule has 0 spiro atoms. The zero-order chi connectivity index (χ0) is 17.5. The minimum Gasteiger partial charge on any atom is -0.288 e. The molecule has 0 aliphatic rings. The molecule has 0 aliphatic carbocycles. The van der Waals surface area contributed by atoms with Crippen LogP contribution in [0.5, 0.6) is 0 Å². The topological polar surface area (TPSA) is 84.0 Å². The van der Waals surface area contributed by atoms with Gasteiger partial charge in [0.25, 0.3) is 5.69 Å². The number of nitro groups is 1. The van der Waals surface area contributed by atoms with Crippen molar-refractivity contribution in [1.29, 1.82) is 5.26 Å². The second-order valence-corrected chi connectivity index (χ2v) is 5.01. The smallest absolute Gasteiger partial charge is 0.276 e. The number of ketones is 1.